The topological polar surface area (TPSA) is 30.5 Å². The molecule has 1 fully saturated rings. The molecule has 3 heteroatoms. The van der Waals surface area contributed by atoms with Gasteiger partial charge in [0.2, 0.25) is 0 Å². The van der Waals surface area contributed by atoms with Crippen molar-refractivity contribution in [1.82, 2.24) is 5.32 Å². The van der Waals surface area contributed by atoms with Crippen LogP contribution in [0.15, 0.2) is 24.3 Å². The molecule has 2 aliphatic heterocycles. The van der Waals surface area contributed by atoms with Gasteiger partial charge < -0.3 is 14.8 Å². The third-order valence-corrected chi connectivity index (χ3v) is 4.49. The summed E-state index contributed by atoms with van der Waals surface area (Å²) < 4.78 is 11.8. The maximum Gasteiger partial charge on any atom is 0.123 e. The van der Waals surface area contributed by atoms with Crippen LogP contribution in [-0.4, -0.2) is 32.4 Å². The number of rotatable bonds is 6. The molecule has 0 saturated carbocycles. The highest BCUT2D eigenvalue weighted by molar-refractivity contribution is 5.37. The Morgan fingerprint density at radius 3 is 3.00 bits per heavy atom. The summed E-state index contributed by atoms with van der Waals surface area (Å²) in [6.07, 6.45) is 4.80. The van der Waals surface area contributed by atoms with E-state index in [2.05, 4.69) is 36.5 Å². The normalized spacial score (nSPS) is 28.4. The van der Waals surface area contributed by atoms with Gasteiger partial charge in [0.25, 0.3) is 0 Å². The number of fused-ring (bicyclic) bond motifs is 1. The molecule has 110 valence electrons. The average Bonchev–Trinajstić information content (AvgIpc) is 3.06. The molecule has 3 rings (SSSR count). The molecule has 0 aliphatic carbocycles. The predicted molar refractivity (Wildman–Crippen MR) is 80.2 cm³/mol. The summed E-state index contributed by atoms with van der Waals surface area (Å²) in [4.78, 5) is 0. The molecule has 1 saturated heterocycles. The Morgan fingerprint density at radius 2 is 2.25 bits per heavy atom. The first-order valence-electron chi connectivity index (χ1n) is 7.84. The van der Waals surface area contributed by atoms with E-state index in [-0.39, 0.29) is 5.41 Å². The Hall–Kier alpha value is -1.06. The fourth-order valence-electron chi connectivity index (χ4n) is 3.40. The number of hydrogen-bond donors (Lipinski definition) is 1. The molecule has 1 aromatic carbocycles. The lowest BCUT2D eigenvalue weighted by atomic mass is 9.80. The maximum absolute atomic E-state index is 6.12. The molecule has 0 spiro atoms. The van der Waals surface area contributed by atoms with Gasteiger partial charge in [-0.05, 0) is 37.4 Å². The van der Waals surface area contributed by atoms with E-state index in [1.165, 1.54) is 12.0 Å². The van der Waals surface area contributed by atoms with Crippen molar-refractivity contribution < 1.29 is 9.47 Å². The SMILES string of the molecule is CCCNCC1(CC2Cc3ccccc3O2)CCOC1. The van der Waals surface area contributed by atoms with Crippen LogP contribution in [0.4, 0.5) is 0 Å². The van der Waals surface area contributed by atoms with Crippen molar-refractivity contribution in [2.45, 2.75) is 38.7 Å². The largest absolute Gasteiger partial charge is 0.490 e. The monoisotopic (exact) mass is 275 g/mol. The Kier molecular flexibility index (Phi) is 4.27. The van der Waals surface area contributed by atoms with Gasteiger partial charge in [-0.3, -0.25) is 0 Å². The molecule has 2 aliphatic rings. The van der Waals surface area contributed by atoms with E-state index in [0.29, 0.717) is 6.10 Å². The first kappa shape index (κ1) is 13.9. The molecular formula is C17H25NO2. The number of para-hydroxylation sites is 1. The zero-order valence-electron chi connectivity index (χ0n) is 12.4. The molecule has 0 aromatic heterocycles. The zero-order valence-corrected chi connectivity index (χ0v) is 12.4. The lowest BCUT2D eigenvalue weighted by Gasteiger charge is -2.30. The van der Waals surface area contributed by atoms with Crippen LogP contribution in [0.3, 0.4) is 0 Å². The van der Waals surface area contributed by atoms with E-state index in [1.54, 1.807) is 0 Å². The minimum absolute atomic E-state index is 0.266. The van der Waals surface area contributed by atoms with Crippen molar-refractivity contribution in [1.29, 1.82) is 0 Å². The van der Waals surface area contributed by atoms with Crippen LogP contribution in [0, 0.1) is 5.41 Å². The Bertz CT molecular complexity index is 415. The third kappa shape index (κ3) is 2.99. The molecule has 0 bridgehead atoms. The van der Waals surface area contributed by atoms with Crippen molar-refractivity contribution in [3.05, 3.63) is 29.8 Å². The van der Waals surface area contributed by atoms with Crippen LogP contribution in [0.2, 0.25) is 0 Å². The quantitative estimate of drug-likeness (QED) is 0.810. The smallest absolute Gasteiger partial charge is 0.123 e. The van der Waals surface area contributed by atoms with Crippen LogP contribution in [0.25, 0.3) is 0 Å². The molecule has 20 heavy (non-hydrogen) atoms. The second-order valence-electron chi connectivity index (χ2n) is 6.24. The summed E-state index contributed by atoms with van der Waals surface area (Å²) in [5, 5.41) is 3.58. The number of nitrogens with one attached hydrogen (secondary N) is 1. The number of ether oxygens (including phenoxy) is 2. The van der Waals surface area contributed by atoms with Gasteiger partial charge in [-0.2, -0.15) is 0 Å². The van der Waals surface area contributed by atoms with Crippen molar-refractivity contribution in [2.24, 2.45) is 5.41 Å². The fraction of sp³-hybridized carbons (Fsp3) is 0.647. The van der Waals surface area contributed by atoms with Crippen LogP contribution < -0.4 is 10.1 Å². The van der Waals surface area contributed by atoms with Gasteiger partial charge in [0.15, 0.2) is 0 Å². The number of hydrogen-bond acceptors (Lipinski definition) is 3. The summed E-state index contributed by atoms with van der Waals surface area (Å²) in [6.45, 7) is 6.12. The summed E-state index contributed by atoms with van der Waals surface area (Å²) in [5.41, 5.74) is 1.62. The van der Waals surface area contributed by atoms with E-state index in [9.17, 15) is 0 Å². The van der Waals surface area contributed by atoms with Crippen molar-refractivity contribution in [2.75, 3.05) is 26.3 Å². The van der Waals surface area contributed by atoms with Gasteiger partial charge in [0.05, 0.1) is 6.61 Å². The second kappa shape index (κ2) is 6.15. The van der Waals surface area contributed by atoms with Gasteiger partial charge >= 0.3 is 0 Å². The van der Waals surface area contributed by atoms with E-state index in [4.69, 9.17) is 9.47 Å². The highest BCUT2D eigenvalue weighted by atomic mass is 16.5. The zero-order chi connectivity index (χ0) is 13.8. The first-order valence-corrected chi connectivity index (χ1v) is 7.84. The van der Waals surface area contributed by atoms with Gasteiger partial charge in [0, 0.05) is 25.0 Å². The highest BCUT2D eigenvalue weighted by Gasteiger charge is 2.39. The van der Waals surface area contributed by atoms with E-state index >= 15 is 0 Å². The van der Waals surface area contributed by atoms with Crippen LogP contribution in [0.1, 0.15) is 31.7 Å². The molecule has 0 radical (unpaired) electrons. The van der Waals surface area contributed by atoms with Crippen LogP contribution in [0.5, 0.6) is 5.75 Å². The minimum Gasteiger partial charge on any atom is -0.490 e. The van der Waals surface area contributed by atoms with Crippen molar-refractivity contribution >= 4 is 0 Å². The van der Waals surface area contributed by atoms with Gasteiger partial charge in [-0.1, -0.05) is 25.1 Å². The molecule has 2 unspecified atom stereocenters. The fourth-order valence-corrected chi connectivity index (χ4v) is 3.40. The predicted octanol–water partition coefficient (Wildman–Crippen LogP) is 2.79. The van der Waals surface area contributed by atoms with E-state index < -0.39 is 0 Å². The lowest BCUT2D eigenvalue weighted by Crippen LogP contribution is -2.39. The Morgan fingerprint density at radius 1 is 1.35 bits per heavy atom. The minimum atomic E-state index is 0.266. The molecule has 2 heterocycles. The van der Waals surface area contributed by atoms with Crippen LogP contribution >= 0.6 is 0 Å². The second-order valence-corrected chi connectivity index (χ2v) is 6.24. The van der Waals surface area contributed by atoms with Crippen molar-refractivity contribution in [3.63, 3.8) is 0 Å². The van der Waals surface area contributed by atoms with Crippen LogP contribution in [-0.2, 0) is 11.2 Å². The summed E-state index contributed by atoms with van der Waals surface area (Å²) >= 11 is 0. The summed E-state index contributed by atoms with van der Waals surface area (Å²) in [7, 11) is 0. The first-order chi connectivity index (χ1) is 9.81. The standard InChI is InChI=1S/C17H25NO2/c1-2-8-18-12-17(7-9-19-13-17)11-15-10-14-5-3-4-6-16(14)20-15/h3-6,15,18H,2,7-13H2,1H3. The molecule has 2 atom stereocenters. The van der Waals surface area contributed by atoms with Gasteiger partial charge in [0.1, 0.15) is 11.9 Å². The van der Waals surface area contributed by atoms with E-state index in [1.807, 2.05) is 0 Å². The molecule has 1 N–H and O–H groups in total. The molecule has 0 amide bonds. The maximum atomic E-state index is 6.12. The lowest BCUT2D eigenvalue weighted by molar-refractivity contribution is 0.102. The van der Waals surface area contributed by atoms with Crippen molar-refractivity contribution in [3.8, 4) is 5.75 Å². The Labute approximate surface area is 121 Å². The molecular weight excluding hydrogens is 250 g/mol. The van der Waals surface area contributed by atoms with E-state index in [0.717, 1.165) is 51.3 Å². The highest BCUT2D eigenvalue weighted by Crippen LogP contribution is 2.38. The molecule has 3 nitrogen and oxygen atoms in total. The average molecular weight is 275 g/mol. The Balaban J connectivity index is 1.61. The molecule has 1 aromatic rings. The van der Waals surface area contributed by atoms with Gasteiger partial charge in [-0.25, -0.2) is 0 Å². The number of benzene rings is 1. The third-order valence-electron chi connectivity index (χ3n) is 4.49. The summed E-state index contributed by atoms with van der Waals surface area (Å²) in [5.74, 6) is 1.08. The summed E-state index contributed by atoms with van der Waals surface area (Å²) in [6, 6.07) is 8.42. The van der Waals surface area contributed by atoms with Gasteiger partial charge in [-0.15, -0.1) is 0 Å².